The monoisotopic (exact) mass is 264 g/mol. The van der Waals surface area contributed by atoms with Crippen molar-refractivity contribution in [2.75, 3.05) is 0 Å². The molecule has 0 aliphatic rings. The Morgan fingerprint density at radius 1 is 1.28 bits per heavy atom. The lowest BCUT2D eigenvalue weighted by Gasteiger charge is -2.07. The highest BCUT2D eigenvalue weighted by Crippen LogP contribution is 2.25. The fourth-order valence-corrected chi connectivity index (χ4v) is 1.64. The quantitative estimate of drug-likeness (QED) is 0.668. The van der Waals surface area contributed by atoms with Gasteiger partial charge in [-0.05, 0) is 12.1 Å². The zero-order chi connectivity index (χ0) is 12.5. The van der Waals surface area contributed by atoms with Crippen molar-refractivity contribution in [2.24, 2.45) is 0 Å². The van der Waals surface area contributed by atoms with Gasteiger partial charge in [0.2, 0.25) is 5.88 Å². The van der Waals surface area contributed by atoms with Crippen molar-refractivity contribution < 1.29 is 9.13 Å². The molecule has 0 aliphatic carbocycles. The molecule has 90 valence electrons. The number of rotatable bonds is 2. The Balaban J connectivity index is 2.10. The van der Waals surface area contributed by atoms with Crippen LogP contribution in [0.3, 0.4) is 0 Å². The smallest absolute Gasteiger partial charge is 0.256 e. The van der Waals surface area contributed by atoms with Gasteiger partial charge in [0.1, 0.15) is 11.5 Å². The van der Waals surface area contributed by atoms with Crippen LogP contribution < -0.4 is 4.74 Å². The van der Waals surface area contributed by atoms with Crippen LogP contribution in [-0.4, -0.2) is 19.6 Å². The highest BCUT2D eigenvalue weighted by atomic mass is 35.5. The third-order valence-electron chi connectivity index (χ3n) is 2.24. The van der Waals surface area contributed by atoms with Crippen LogP contribution in [0, 0.1) is 5.82 Å². The maximum atomic E-state index is 13.5. The molecule has 0 aliphatic heterocycles. The molecular formula is C11H6ClFN4O. The molecule has 2 aromatic heterocycles. The van der Waals surface area contributed by atoms with Gasteiger partial charge in [0.25, 0.3) is 5.78 Å². The number of aromatic nitrogens is 4. The van der Waals surface area contributed by atoms with Gasteiger partial charge in [0.15, 0.2) is 11.6 Å². The maximum absolute atomic E-state index is 13.5. The predicted octanol–water partition coefficient (Wildman–Crippen LogP) is 2.71. The fraction of sp³-hybridized carbons (Fsp3) is 0. The van der Waals surface area contributed by atoms with Gasteiger partial charge in [-0.25, -0.2) is 4.39 Å². The molecule has 0 unspecified atom stereocenters. The lowest BCUT2D eigenvalue weighted by molar-refractivity contribution is 0.415. The van der Waals surface area contributed by atoms with Crippen molar-refractivity contribution >= 4 is 17.4 Å². The Morgan fingerprint density at radius 3 is 2.94 bits per heavy atom. The molecule has 0 amide bonds. The highest BCUT2D eigenvalue weighted by molar-refractivity contribution is 6.29. The SMILES string of the molecule is Fc1ccccc1Oc1cc(Cl)nc2ncnn12. The minimum Gasteiger partial charge on any atom is -0.436 e. The first-order chi connectivity index (χ1) is 8.74. The topological polar surface area (TPSA) is 52.3 Å². The van der Waals surface area contributed by atoms with Crippen molar-refractivity contribution in [1.29, 1.82) is 0 Å². The second-order valence-corrected chi connectivity index (χ2v) is 3.81. The Hall–Kier alpha value is -2.21. The van der Waals surface area contributed by atoms with E-state index in [4.69, 9.17) is 16.3 Å². The molecule has 0 spiro atoms. The number of hydrogen-bond donors (Lipinski definition) is 0. The van der Waals surface area contributed by atoms with Gasteiger partial charge in [-0.15, -0.1) is 0 Å². The van der Waals surface area contributed by atoms with Gasteiger partial charge in [-0.1, -0.05) is 23.7 Å². The average Bonchev–Trinajstić information content (AvgIpc) is 2.80. The van der Waals surface area contributed by atoms with E-state index in [0.29, 0.717) is 0 Å². The van der Waals surface area contributed by atoms with Crippen LogP contribution in [0.4, 0.5) is 4.39 Å². The number of halogens is 2. The molecule has 2 heterocycles. The largest absolute Gasteiger partial charge is 0.436 e. The van der Waals surface area contributed by atoms with Crippen LogP contribution in [0.15, 0.2) is 36.7 Å². The molecule has 3 rings (SSSR count). The lowest BCUT2D eigenvalue weighted by Crippen LogP contribution is -1.98. The summed E-state index contributed by atoms with van der Waals surface area (Å²) >= 11 is 5.82. The Morgan fingerprint density at radius 2 is 2.11 bits per heavy atom. The van der Waals surface area contributed by atoms with Gasteiger partial charge >= 0.3 is 0 Å². The summed E-state index contributed by atoms with van der Waals surface area (Å²) in [6, 6.07) is 7.49. The maximum Gasteiger partial charge on any atom is 0.256 e. The molecule has 0 radical (unpaired) electrons. The van der Waals surface area contributed by atoms with E-state index in [1.54, 1.807) is 12.1 Å². The predicted molar refractivity (Wildman–Crippen MR) is 62.3 cm³/mol. The summed E-state index contributed by atoms with van der Waals surface area (Å²) in [6.45, 7) is 0. The molecule has 0 saturated carbocycles. The van der Waals surface area contributed by atoms with Gasteiger partial charge in [0.05, 0.1) is 0 Å². The third-order valence-corrected chi connectivity index (χ3v) is 2.43. The number of hydrogen-bond acceptors (Lipinski definition) is 4. The summed E-state index contributed by atoms with van der Waals surface area (Å²) in [7, 11) is 0. The first kappa shape index (κ1) is 10.9. The zero-order valence-electron chi connectivity index (χ0n) is 8.92. The van der Waals surface area contributed by atoms with Gasteiger partial charge in [-0.3, -0.25) is 0 Å². The van der Waals surface area contributed by atoms with Crippen molar-refractivity contribution in [3.8, 4) is 11.6 Å². The van der Waals surface area contributed by atoms with Crippen molar-refractivity contribution in [1.82, 2.24) is 19.6 Å². The molecule has 18 heavy (non-hydrogen) atoms. The molecule has 1 aromatic carbocycles. The Kier molecular flexibility index (Phi) is 2.56. The summed E-state index contributed by atoms with van der Waals surface area (Å²) in [5, 5.41) is 4.12. The molecule has 0 saturated heterocycles. The van der Waals surface area contributed by atoms with Crippen LogP contribution in [0.1, 0.15) is 0 Å². The van der Waals surface area contributed by atoms with E-state index in [2.05, 4.69) is 15.1 Å². The van der Waals surface area contributed by atoms with Crippen LogP contribution in [0.2, 0.25) is 5.15 Å². The van der Waals surface area contributed by atoms with Crippen LogP contribution in [-0.2, 0) is 0 Å². The van der Waals surface area contributed by atoms with E-state index in [-0.39, 0.29) is 22.6 Å². The minimum atomic E-state index is -0.473. The molecule has 0 atom stereocenters. The molecule has 3 aromatic rings. The summed E-state index contributed by atoms with van der Waals surface area (Å²) in [5.41, 5.74) is 0. The number of nitrogens with zero attached hydrogens (tertiary/aromatic N) is 4. The van der Waals surface area contributed by atoms with E-state index in [1.807, 2.05) is 0 Å². The fourth-order valence-electron chi connectivity index (χ4n) is 1.47. The number of fused-ring (bicyclic) bond motifs is 1. The molecular weight excluding hydrogens is 259 g/mol. The summed E-state index contributed by atoms with van der Waals surface area (Å²) < 4.78 is 20.2. The van der Waals surface area contributed by atoms with E-state index < -0.39 is 5.82 Å². The van der Waals surface area contributed by atoms with Crippen LogP contribution >= 0.6 is 11.6 Å². The summed E-state index contributed by atoms with van der Waals surface area (Å²) in [6.07, 6.45) is 1.31. The number of benzene rings is 1. The highest BCUT2D eigenvalue weighted by Gasteiger charge is 2.10. The van der Waals surface area contributed by atoms with Gasteiger partial charge in [-0.2, -0.15) is 19.6 Å². The van der Waals surface area contributed by atoms with Crippen molar-refractivity contribution in [3.05, 3.63) is 47.6 Å². The third kappa shape index (κ3) is 1.86. The first-order valence-corrected chi connectivity index (χ1v) is 5.40. The zero-order valence-corrected chi connectivity index (χ0v) is 9.67. The van der Waals surface area contributed by atoms with Gasteiger partial charge in [0, 0.05) is 6.07 Å². The minimum absolute atomic E-state index is 0.0802. The number of para-hydroxylation sites is 1. The van der Waals surface area contributed by atoms with Crippen LogP contribution in [0.5, 0.6) is 11.6 Å². The first-order valence-electron chi connectivity index (χ1n) is 5.03. The molecule has 0 bridgehead atoms. The molecule has 0 N–H and O–H groups in total. The van der Waals surface area contributed by atoms with E-state index >= 15 is 0 Å². The van der Waals surface area contributed by atoms with Crippen molar-refractivity contribution in [3.63, 3.8) is 0 Å². The summed E-state index contributed by atoms with van der Waals surface area (Å²) in [5.74, 6) is 0.136. The number of ether oxygens (including phenoxy) is 1. The Labute approximate surface area is 106 Å². The van der Waals surface area contributed by atoms with Crippen molar-refractivity contribution in [2.45, 2.75) is 0 Å². The van der Waals surface area contributed by atoms with E-state index in [1.165, 1.54) is 29.0 Å². The van der Waals surface area contributed by atoms with E-state index in [0.717, 1.165) is 0 Å². The van der Waals surface area contributed by atoms with Crippen LogP contribution in [0.25, 0.3) is 5.78 Å². The summed E-state index contributed by atoms with van der Waals surface area (Å²) in [4.78, 5) is 7.83. The standard InChI is InChI=1S/C11H6ClFN4O/c12-9-5-10(17-11(16-9)14-6-15-17)18-8-4-2-1-3-7(8)13/h1-6H. The molecule has 5 nitrogen and oxygen atoms in total. The normalized spacial score (nSPS) is 10.8. The molecule has 7 heteroatoms. The van der Waals surface area contributed by atoms with E-state index in [9.17, 15) is 4.39 Å². The lowest BCUT2D eigenvalue weighted by atomic mass is 10.3. The second kappa shape index (κ2) is 4.23. The average molecular weight is 265 g/mol. The molecule has 0 fully saturated rings. The Bertz CT molecular complexity index is 715. The second-order valence-electron chi connectivity index (χ2n) is 3.42. The van der Waals surface area contributed by atoms with Gasteiger partial charge < -0.3 is 4.74 Å².